The second kappa shape index (κ2) is 4.99. The molecule has 0 bridgehead atoms. The Morgan fingerprint density at radius 3 is 2.08 bits per heavy atom. The number of rotatable bonds is 3. The third kappa shape index (κ3) is 2.98. The number of hydrogen-bond donors (Lipinski definition) is 0. The lowest BCUT2D eigenvalue weighted by Gasteiger charge is -2.35. The van der Waals surface area contributed by atoms with E-state index in [4.69, 9.17) is 0 Å². The van der Waals surface area contributed by atoms with Gasteiger partial charge in [-0.2, -0.15) is 0 Å². The Kier molecular flexibility index (Phi) is 4.24. The molecule has 1 rings (SSSR count). The predicted molar refractivity (Wildman–Crippen MR) is 58.9 cm³/mol. The predicted octanol–water partition coefficient (Wildman–Crippen LogP) is 3.15. The minimum atomic E-state index is 0.875. The largest absolute Gasteiger partial charge is 0.304 e. The van der Waals surface area contributed by atoms with Crippen molar-refractivity contribution in [1.82, 2.24) is 4.90 Å². The molecule has 1 aliphatic carbocycles. The van der Waals surface area contributed by atoms with Crippen LogP contribution in [0.5, 0.6) is 0 Å². The van der Waals surface area contributed by atoms with E-state index >= 15 is 0 Å². The van der Waals surface area contributed by atoms with Gasteiger partial charge in [0.05, 0.1) is 0 Å². The third-order valence-corrected chi connectivity index (χ3v) is 3.81. The lowest BCUT2D eigenvalue weighted by atomic mass is 9.79. The van der Waals surface area contributed by atoms with Crippen molar-refractivity contribution in [3.63, 3.8) is 0 Å². The van der Waals surface area contributed by atoms with E-state index in [9.17, 15) is 0 Å². The zero-order chi connectivity index (χ0) is 9.84. The van der Waals surface area contributed by atoms with Crippen molar-refractivity contribution in [3.8, 4) is 0 Å². The summed E-state index contributed by atoms with van der Waals surface area (Å²) in [6, 6.07) is 0.875. The molecular weight excluding hydrogens is 158 g/mol. The van der Waals surface area contributed by atoms with E-state index in [-0.39, 0.29) is 0 Å². The molecule has 1 nitrogen and oxygen atoms in total. The molecule has 0 radical (unpaired) electrons. The maximum Gasteiger partial charge on any atom is 0.00923 e. The summed E-state index contributed by atoms with van der Waals surface area (Å²) >= 11 is 0. The topological polar surface area (TPSA) is 3.24 Å². The van der Waals surface area contributed by atoms with Crippen LogP contribution in [0.3, 0.4) is 0 Å². The van der Waals surface area contributed by atoms with Crippen molar-refractivity contribution in [1.29, 1.82) is 0 Å². The minimum absolute atomic E-state index is 0.875. The molecule has 0 saturated heterocycles. The summed E-state index contributed by atoms with van der Waals surface area (Å²) in [5.41, 5.74) is 0. The van der Waals surface area contributed by atoms with Gasteiger partial charge in [-0.3, -0.25) is 0 Å². The summed E-state index contributed by atoms with van der Waals surface area (Å²) < 4.78 is 0. The van der Waals surface area contributed by atoms with Gasteiger partial charge in [0.2, 0.25) is 0 Å². The maximum atomic E-state index is 2.51. The first-order valence-corrected chi connectivity index (χ1v) is 5.85. The highest BCUT2D eigenvalue weighted by Crippen LogP contribution is 2.31. The summed E-state index contributed by atoms with van der Waals surface area (Å²) in [7, 11) is 2.26. The molecule has 0 spiro atoms. The first-order chi connectivity index (χ1) is 6.15. The first kappa shape index (κ1) is 11.0. The van der Waals surface area contributed by atoms with Crippen LogP contribution in [0.1, 0.15) is 46.5 Å². The summed E-state index contributed by atoms with van der Waals surface area (Å²) in [6.45, 7) is 8.20. The van der Waals surface area contributed by atoms with Crippen LogP contribution >= 0.6 is 0 Å². The lowest BCUT2D eigenvalue weighted by Crippen LogP contribution is -2.35. The van der Waals surface area contributed by atoms with Crippen LogP contribution in [0, 0.1) is 11.8 Å². The second-order valence-electron chi connectivity index (χ2n) is 4.89. The zero-order valence-corrected chi connectivity index (χ0v) is 9.71. The SMILES string of the molecule is CCN(C)C1CCC(C(C)C)CC1. The van der Waals surface area contributed by atoms with Gasteiger partial charge in [0.15, 0.2) is 0 Å². The molecule has 1 aliphatic rings. The fourth-order valence-electron chi connectivity index (χ4n) is 2.47. The van der Waals surface area contributed by atoms with Crippen LogP contribution in [0.4, 0.5) is 0 Å². The van der Waals surface area contributed by atoms with Gasteiger partial charge in [0.1, 0.15) is 0 Å². The Morgan fingerprint density at radius 1 is 1.15 bits per heavy atom. The van der Waals surface area contributed by atoms with Crippen LogP contribution in [0.15, 0.2) is 0 Å². The standard InChI is InChI=1S/C12H25N/c1-5-13(4)12-8-6-11(7-9-12)10(2)3/h10-12H,5-9H2,1-4H3. The molecule has 0 amide bonds. The van der Waals surface area contributed by atoms with E-state index in [1.807, 2.05) is 0 Å². The van der Waals surface area contributed by atoms with E-state index in [1.165, 1.54) is 32.2 Å². The van der Waals surface area contributed by atoms with Crippen LogP contribution < -0.4 is 0 Å². The van der Waals surface area contributed by atoms with Gasteiger partial charge in [-0.25, -0.2) is 0 Å². The Balaban J connectivity index is 2.30. The zero-order valence-electron chi connectivity index (χ0n) is 9.71. The Morgan fingerprint density at radius 2 is 1.69 bits per heavy atom. The molecule has 0 atom stereocenters. The Labute approximate surface area is 83.5 Å². The third-order valence-electron chi connectivity index (χ3n) is 3.81. The average Bonchev–Trinajstić information content (AvgIpc) is 2.17. The van der Waals surface area contributed by atoms with Crippen LogP contribution in [-0.2, 0) is 0 Å². The molecule has 0 N–H and O–H groups in total. The van der Waals surface area contributed by atoms with Gasteiger partial charge in [0.25, 0.3) is 0 Å². The molecular formula is C12H25N. The molecule has 0 aromatic rings. The van der Waals surface area contributed by atoms with E-state index in [0.29, 0.717) is 0 Å². The fraction of sp³-hybridized carbons (Fsp3) is 1.00. The highest BCUT2D eigenvalue weighted by molar-refractivity contribution is 4.78. The molecule has 1 fully saturated rings. The molecule has 1 heteroatoms. The lowest BCUT2D eigenvalue weighted by molar-refractivity contribution is 0.152. The first-order valence-electron chi connectivity index (χ1n) is 5.85. The van der Waals surface area contributed by atoms with Gasteiger partial charge in [-0.1, -0.05) is 20.8 Å². The van der Waals surface area contributed by atoms with Crippen molar-refractivity contribution in [2.75, 3.05) is 13.6 Å². The van der Waals surface area contributed by atoms with E-state index in [1.54, 1.807) is 0 Å². The molecule has 78 valence electrons. The quantitative estimate of drug-likeness (QED) is 0.649. The molecule has 0 aliphatic heterocycles. The smallest absolute Gasteiger partial charge is 0.00923 e. The van der Waals surface area contributed by atoms with Crippen LogP contribution in [0.2, 0.25) is 0 Å². The Bertz CT molecular complexity index is 134. The highest BCUT2D eigenvalue weighted by Gasteiger charge is 2.24. The second-order valence-corrected chi connectivity index (χ2v) is 4.89. The molecule has 13 heavy (non-hydrogen) atoms. The van der Waals surface area contributed by atoms with Crippen molar-refractivity contribution in [2.24, 2.45) is 11.8 Å². The highest BCUT2D eigenvalue weighted by atomic mass is 15.1. The Hall–Kier alpha value is -0.0400. The van der Waals surface area contributed by atoms with E-state index < -0.39 is 0 Å². The molecule has 0 unspecified atom stereocenters. The minimum Gasteiger partial charge on any atom is -0.304 e. The normalized spacial score (nSPS) is 30.0. The fourth-order valence-corrected chi connectivity index (χ4v) is 2.47. The molecule has 0 heterocycles. The van der Waals surface area contributed by atoms with Gasteiger partial charge in [-0.05, 0) is 51.1 Å². The van der Waals surface area contributed by atoms with Gasteiger partial charge in [0, 0.05) is 6.04 Å². The monoisotopic (exact) mass is 183 g/mol. The van der Waals surface area contributed by atoms with Crippen molar-refractivity contribution >= 4 is 0 Å². The summed E-state index contributed by atoms with van der Waals surface area (Å²) in [6.07, 6.45) is 5.75. The maximum absolute atomic E-state index is 2.51. The van der Waals surface area contributed by atoms with Crippen molar-refractivity contribution in [2.45, 2.75) is 52.5 Å². The summed E-state index contributed by atoms with van der Waals surface area (Å²) in [4.78, 5) is 2.51. The van der Waals surface area contributed by atoms with Crippen LogP contribution in [0.25, 0.3) is 0 Å². The number of hydrogen-bond acceptors (Lipinski definition) is 1. The average molecular weight is 183 g/mol. The van der Waals surface area contributed by atoms with Crippen molar-refractivity contribution in [3.05, 3.63) is 0 Å². The van der Waals surface area contributed by atoms with Crippen molar-refractivity contribution < 1.29 is 0 Å². The summed E-state index contributed by atoms with van der Waals surface area (Å²) in [5, 5.41) is 0. The van der Waals surface area contributed by atoms with Gasteiger partial charge < -0.3 is 4.90 Å². The summed E-state index contributed by atoms with van der Waals surface area (Å²) in [5.74, 6) is 1.90. The van der Waals surface area contributed by atoms with Crippen LogP contribution in [-0.4, -0.2) is 24.5 Å². The molecule has 0 aromatic heterocycles. The van der Waals surface area contributed by atoms with Gasteiger partial charge >= 0.3 is 0 Å². The van der Waals surface area contributed by atoms with E-state index in [2.05, 4.69) is 32.7 Å². The van der Waals surface area contributed by atoms with Gasteiger partial charge in [-0.15, -0.1) is 0 Å². The molecule has 1 saturated carbocycles. The van der Waals surface area contributed by atoms with E-state index in [0.717, 1.165) is 17.9 Å². The molecule has 0 aromatic carbocycles. The number of nitrogens with zero attached hydrogens (tertiary/aromatic N) is 1.